The maximum absolute atomic E-state index is 12.0. The summed E-state index contributed by atoms with van der Waals surface area (Å²) in [4.78, 5) is 25.1. The molecule has 3 rings (SSSR count). The standard InChI is InChI=1S/C18H19NO2/c20-13-17(19-10-4-3-7-18(19)21)12-14-8-9-15-5-1-2-6-16(15)11-14/h1-2,5-6,8-9,11,13,17H,3-4,7,10,12H2/t17-/m1/s1. The van der Waals surface area contributed by atoms with Crippen molar-refractivity contribution in [3.8, 4) is 0 Å². The third-order valence-electron chi connectivity index (χ3n) is 4.18. The summed E-state index contributed by atoms with van der Waals surface area (Å²) in [5, 5.41) is 2.36. The van der Waals surface area contributed by atoms with Crippen LogP contribution in [-0.4, -0.2) is 29.7 Å². The predicted molar refractivity (Wildman–Crippen MR) is 83.1 cm³/mol. The number of rotatable bonds is 4. The van der Waals surface area contributed by atoms with Crippen LogP contribution in [0.3, 0.4) is 0 Å². The smallest absolute Gasteiger partial charge is 0.223 e. The molecule has 1 aliphatic rings. The normalized spacial score (nSPS) is 17.0. The number of carbonyl (C=O) groups excluding carboxylic acids is 2. The third kappa shape index (κ3) is 2.97. The monoisotopic (exact) mass is 281 g/mol. The molecule has 0 aromatic heterocycles. The summed E-state index contributed by atoms with van der Waals surface area (Å²) >= 11 is 0. The van der Waals surface area contributed by atoms with Gasteiger partial charge in [0.15, 0.2) is 0 Å². The molecule has 3 heteroatoms. The second kappa shape index (κ2) is 6.08. The van der Waals surface area contributed by atoms with Gasteiger partial charge in [-0.15, -0.1) is 0 Å². The number of benzene rings is 2. The second-order valence-corrected chi connectivity index (χ2v) is 5.63. The molecule has 0 spiro atoms. The van der Waals surface area contributed by atoms with E-state index in [2.05, 4.69) is 24.3 Å². The van der Waals surface area contributed by atoms with Gasteiger partial charge in [0.25, 0.3) is 0 Å². The largest absolute Gasteiger partial charge is 0.333 e. The van der Waals surface area contributed by atoms with Crippen molar-refractivity contribution in [2.45, 2.75) is 31.7 Å². The summed E-state index contributed by atoms with van der Waals surface area (Å²) in [6, 6.07) is 14.1. The number of fused-ring (bicyclic) bond motifs is 1. The van der Waals surface area contributed by atoms with Crippen LogP contribution in [0.5, 0.6) is 0 Å². The van der Waals surface area contributed by atoms with Crippen LogP contribution in [-0.2, 0) is 16.0 Å². The number of aldehydes is 1. The maximum Gasteiger partial charge on any atom is 0.223 e. The zero-order chi connectivity index (χ0) is 14.7. The Morgan fingerprint density at radius 1 is 1.10 bits per heavy atom. The molecule has 1 atom stereocenters. The molecule has 2 aromatic carbocycles. The lowest BCUT2D eigenvalue weighted by Gasteiger charge is -2.31. The van der Waals surface area contributed by atoms with Crippen molar-refractivity contribution in [3.63, 3.8) is 0 Å². The number of piperidine rings is 1. The Kier molecular flexibility index (Phi) is 4.00. The van der Waals surface area contributed by atoms with Crippen LogP contribution < -0.4 is 0 Å². The zero-order valence-electron chi connectivity index (χ0n) is 12.0. The second-order valence-electron chi connectivity index (χ2n) is 5.63. The summed E-state index contributed by atoms with van der Waals surface area (Å²) in [5.41, 5.74) is 1.10. The van der Waals surface area contributed by atoms with E-state index in [1.165, 1.54) is 10.8 Å². The molecule has 0 N–H and O–H groups in total. The van der Waals surface area contributed by atoms with Gasteiger partial charge in [-0.05, 0) is 35.6 Å². The van der Waals surface area contributed by atoms with Gasteiger partial charge in [-0.2, -0.15) is 0 Å². The molecule has 1 aliphatic heterocycles. The molecule has 0 unspecified atom stereocenters. The highest BCUT2D eigenvalue weighted by molar-refractivity contribution is 5.83. The Balaban J connectivity index is 1.81. The Morgan fingerprint density at radius 3 is 2.67 bits per heavy atom. The Bertz CT molecular complexity index is 665. The fourth-order valence-electron chi connectivity index (χ4n) is 3.02. The number of amides is 1. The number of carbonyl (C=O) groups is 2. The number of hydrogen-bond donors (Lipinski definition) is 0. The highest BCUT2D eigenvalue weighted by atomic mass is 16.2. The Hall–Kier alpha value is -2.16. The van der Waals surface area contributed by atoms with Crippen molar-refractivity contribution >= 4 is 23.0 Å². The number of likely N-dealkylation sites (tertiary alicyclic amines) is 1. The van der Waals surface area contributed by atoms with Crippen LogP contribution in [0.4, 0.5) is 0 Å². The van der Waals surface area contributed by atoms with Gasteiger partial charge in [-0.25, -0.2) is 0 Å². The first-order valence-electron chi connectivity index (χ1n) is 7.50. The van der Waals surface area contributed by atoms with E-state index in [4.69, 9.17) is 0 Å². The lowest BCUT2D eigenvalue weighted by molar-refractivity contribution is -0.138. The summed E-state index contributed by atoms with van der Waals surface area (Å²) in [6.07, 6.45) is 4.02. The summed E-state index contributed by atoms with van der Waals surface area (Å²) in [5.74, 6) is 0.110. The third-order valence-corrected chi connectivity index (χ3v) is 4.18. The molecule has 1 saturated heterocycles. The van der Waals surface area contributed by atoms with Crippen LogP contribution in [0, 0.1) is 0 Å². The number of nitrogens with zero attached hydrogens (tertiary/aromatic N) is 1. The van der Waals surface area contributed by atoms with Gasteiger partial charge in [0, 0.05) is 13.0 Å². The van der Waals surface area contributed by atoms with E-state index < -0.39 is 0 Å². The minimum Gasteiger partial charge on any atom is -0.333 e. The molecule has 0 aliphatic carbocycles. The molecule has 1 amide bonds. The van der Waals surface area contributed by atoms with Gasteiger partial charge >= 0.3 is 0 Å². The lowest BCUT2D eigenvalue weighted by Crippen LogP contribution is -2.45. The van der Waals surface area contributed by atoms with E-state index in [0.29, 0.717) is 19.4 Å². The van der Waals surface area contributed by atoms with E-state index in [0.717, 1.165) is 24.7 Å². The highest BCUT2D eigenvalue weighted by Gasteiger charge is 2.25. The fraction of sp³-hybridized carbons (Fsp3) is 0.333. The topological polar surface area (TPSA) is 37.4 Å². The summed E-state index contributed by atoms with van der Waals surface area (Å²) in [7, 11) is 0. The lowest BCUT2D eigenvalue weighted by atomic mass is 9.99. The van der Waals surface area contributed by atoms with Gasteiger partial charge in [0.1, 0.15) is 6.29 Å². The molecule has 0 bridgehead atoms. The molecular weight excluding hydrogens is 262 g/mol. The Labute approximate surface area is 124 Å². The molecule has 1 fully saturated rings. The van der Waals surface area contributed by atoms with Crippen molar-refractivity contribution in [3.05, 3.63) is 48.0 Å². The first-order chi connectivity index (χ1) is 10.3. The first-order valence-corrected chi connectivity index (χ1v) is 7.50. The van der Waals surface area contributed by atoms with Crippen molar-refractivity contribution < 1.29 is 9.59 Å². The van der Waals surface area contributed by atoms with Crippen LogP contribution in [0.15, 0.2) is 42.5 Å². The van der Waals surface area contributed by atoms with E-state index in [1.807, 2.05) is 18.2 Å². The zero-order valence-corrected chi connectivity index (χ0v) is 12.0. The van der Waals surface area contributed by atoms with Crippen molar-refractivity contribution in [1.29, 1.82) is 0 Å². The predicted octanol–water partition coefficient (Wildman–Crippen LogP) is 2.96. The quantitative estimate of drug-likeness (QED) is 0.808. The van der Waals surface area contributed by atoms with Gasteiger partial charge in [0.2, 0.25) is 5.91 Å². The van der Waals surface area contributed by atoms with E-state index in [-0.39, 0.29) is 11.9 Å². The molecule has 0 radical (unpaired) electrons. The van der Waals surface area contributed by atoms with Crippen LogP contribution >= 0.6 is 0 Å². The van der Waals surface area contributed by atoms with E-state index in [1.54, 1.807) is 4.90 Å². The van der Waals surface area contributed by atoms with Gasteiger partial charge in [-0.1, -0.05) is 42.5 Å². The molecule has 21 heavy (non-hydrogen) atoms. The van der Waals surface area contributed by atoms with E-state index in [9.17, 15) is 9.59 Å². The fourth-order valence-corrected chi connectivity index (χ4v) is 3.02. The highest BCUT2D eigenvalue weighted by Crippen LogP contribution is 2.19. The molecule has 3 nitrogen and oxygen atoms in total. The summed E-state index contributed by atoms with van der Waals surface area (Å²) < 4.78 is 0. The van der Waals surface area contributed by atoms with Crippen molar-refractivity contribution in [2.75, 3.05) is 6.54 Å². The summed E-state index contributed by atoms with van der Waals surface area (Å²) in [6.45, 7) is 0.704. The first kappa shape index (κ1) is 13.8. The van der Waals surface area contributed by atoms with Crippen molar-refractivity contribution in [2.24, 2.45) is 0 Å². The minimum atomic E-state index is -0.334. The Morgan fingerprint density at radius 2 is 1.90 bits per heavy atom. The van der Waals surface area contributed by atoms with E-state index >= 15 is 0 Å². The van der Waals surface area contributed by atoms with Crippen LogP contribution in [0.1, 0.15) is 24.8 Å². The average Bonchev–Trinajstić information content (AvgIpc) is 2.53. The van der Waals surface area contributed by atoms with Crippen molar-refractivity contribution in [1.82, 2.24) is 4.90 Å². The molecule has 1 heterocycles. The van der Waals surface area contributed by atoms with Crippen LogP contribution in [0.2, 0.25) is 0 Å². The molecular formula is C18H19NO2. The SMILES string of the molecule is O=C[C@@H](Cc1ccc2ccccc2c1)N1CCCCC1=O. The molecule has 2 aromatic rings. The average molecular weight is 281 g/mol. The number of hydrogen-bond acceptors (Lipinski definition) is 2. The molecule has 0 saturated carbocycles. The van der Waals surface area contributed by atoms with Gasteiger partial charge < -0.3 is 9.69 Å². The van der Waals surface area contributed by atoms with Crippen LogP contribution in [0.25, 0.3) is 10.8 Å². The minimum absolute atomic E-state index is 0.110. The van der Waals surface area contributed by atoms with Gasteiger partial charge in [0.05, 0.1) is 6.04 Å². The van der Waals surface area contributed by atoms with Gasteiger partial charge in [-0.3, -0.25) is 4.79 Å². The maximum atomic E-state index is 12.0. The molecule has 108 valence electrons.